The maximum absolute atomic E-state index is 7.09. The Morgan fingerprint density at radius 3 is 1.71 bits per heavy atom. The zero-order valence-electron chi connectivity index (χ0n) is 8.31. The average molecular weight is 323 g/mol. The Hall–Kier alpha value is 1.02. The molecule has 0 aromatic heterocycles. The second-order valence-corrected chi connectivity index (χ2v) is 8.36. The van der Waals surface area contributed by atoms with E-state index in [-0.39, 0.29) is 4.87 Å². The van der Waals surface area contributed by atoms with Crippen LogP contribution in [0.3, 0.4) is 0 Å². The second kappa shape index (κ2) is 2.47. The van der Waals surface area contributed by atoms with Crippen molar-refractivity contribution < 1.29 is 0 Å². The van der Waals surface area contributed by atoms with E-state index in [0.29, 0.717) is 3.42 Å². The quantitative estimate of drug-likeness (QED) is 0.359. The standard InChI is InChI=1S/C12H16ClI/c13-11-7-1-3-9(5-7)12(11,14)10-4-2-8(11)6-10/h7-10H,1-6H2/t7-,8-,9-,10-,11?,12?/m0/s1. The predicted molar refractivity (Wildman–Crippen MR) is 67.0 cm³/mol. The minimum atomic E-state index is 0.236. The topological polar surface area (TPSA) is 0 Å². The van der Waals surface area contributed by atoms with Gasteiger partial charge in [-0.15, -0.1) is 11.6 Å². The summed E-state index contributed by atoms with van der Waals surface area (Å²) in [6, 6.07) is 0. The lowest BCUT2D eigenvalue weighted by atomic mass is 9.70. The van der Waals surface area contributed by atoms with E-state index < -0.39 is 0 Å². The van der Waals surface area contributed by atoms with Crippen LogP contribution < -0.4 is 0 Å². The van der Waals surface area contributed by atoms with Gasteiger partial charge < -0.3 is 0 Å². The highest BCUT2D eigenvalue weighted by Gasteiger charge is 2.75. The fourth-order valence-corrected chi connectivity index (χ4v) is 8.12. The summed E-state index contributed by atoms with van der Waals surface area (Å²) < 4.78 is 0.512. The van der Waals surface area contributed by atoms with Crippen molar-refractivity contribution in [3.05, 3.63) is 0 Å². The Bertz CT molecular complexity index is 251. The molecule has 14 heavy (non-hydrogen) atoms. The fraction of sp³-hybridized carbons (Fsp3) is 1.00. The van der Waals surface area contributed by atoms with Crippen molar-refractivity contribution >= 4 is 34.2 Å². The average Bonchev–Trinajstić information content (AvgIpc) is 2.86. The first kappa shape index (κ1) is 9.09. The van der Waals surface area contributed by atoms with Gasteiger partial charge in [0.1, 0.15) is 0 Å². The van der Waals surface area contributed by atoms with Crippen molar-refractivity contribution in [1.82, 2.24) is 0 Å². The van der Waals surface area contributed by atoms with Gasteiger partial charge in [-0.25, -0.2) is 0 Å². The summed E-state index contributed by atoms with van der Waals surface area (Å²) in [5, 5.41) is 0. The fourth-order valence-electron chi connectivity index (χ4n) is 5.41. The minimum Gasteiger partial charge on any atom is -0.117 e. The summed E-state index contributed by atoms with van der Waals surface area (Å²) in [6.07, 6.45) is 8.74. The van der Waals surface area contributed by atoms with Crippen molar-refractivity contribution in [2.24, 2.45) is 23.7 Å². The van der Waals surface area contributed by atoms with Gasteiger partial charge in [0.25, 0.3) is 0 Å². The predicted octanol–water partition coefficient (Wildman–Crippen LogP) is 4.00. The molecular weight excluding hydrogens is 306 g/mol. The molecule has 0 amide bonds. The highest BCUT2D eigenvalue weighted by molar-refractivity contribution is 14.1. The van der Waals surface area contributed by atoms with Crippen molar-refractivity contribution in [2.75, 3.05) is 0 Å². The molecule has 2 heteroatoms. The van der Waals surface area contributed by atoms with Crippen LogP contribution in [0.1, 0.15) is 38.5 Å². The Labute approximate surface area is 104 Å². The summed E-state index contributed by atoms with van der Waals surface area (Å²) in [4.78, 5) is 0.236. The Balaban J connectivity index is 1.91. The van der Waals surface area contributed by atoms with Crippen LogP contribution in [0.25, 0.3) is 0 Å². The first-order valence-electron chi connectivity index (χ1n) is 6.05. The number of rotatable bonds is 0. The number of hydrogen-bond donors (Lipinski definition) is 0. The van der Waals surface area contributed by atoms with Crippen molar-refractivity contribution in [3.8, 4) is 0 Å². The summed E-state index contributed by atoms with van der Waals surface area (Å²) in [5.74, 6) is 3.70. The van der Waals surface area contributed by atoms with Crippen LogP contribution in [0.4, 0.5) is 0 Å². The zero-order valence-corrected chi connectivity index (χ0v) is 11.2. The van der Waals surface area contributed by atoms with Crippen LogP contribution in [-0.4, -0.2) is 8.30 Å². The van der Waals surface area contributed by atoms with Crippen LogP contribution in [0, 0.1) is 23.7 Å². The van der Waals surface area contributed by atoms with Gasteiger partial charge in [0.05, 0.1) is 4.87 Å². The van der Waals surface area contributed by atoms with Gasteiger partial charge in [0, 0.05) is 3.42 Å². The van der Waals surface area contributed by atoms with Crippen molar-refractivity contribution in [2.45, 2.75) is 46.8 Å². The van der Waals surface area contributed by atoms with Gasteiger partial charge in [-0.3, -0.25) is 0 Å². The van der Waals surface area contributed by atoms with Crippen molar-refractivity contribution in [1.29, 1.82) is 0 Å². The third-order valence-electron chi connectivity index (χ3n) is 5.83. The highest BCUT2D eigenvalue weighted by Crippen LogP contribution is 2.77. The van der Waals surface area contributed by atoms with E-state index in [0.717, 1.165) is 23.7 Å². The maximum atomic E-state index is 7.09. The van der Waals surface area contributed by atoms with E-state index >= 15 is 0 Å². The minimum absolute atomic E-state index is 0.236. The molecule has 0 radical (unpaired) electrons. The lowest BCUT2D eigenvalue weighted by Crippen LogP contribution is -2.53. The molecule has 4 bridgehead atoms. The molecular formula is C12H16ClI. The van der Waals surface area contributed by atoms with Crippen LogP contribution in [0.2, 0.25) is 0 Å². The Morgan fingerprint density at radius 2 is 1.29 bits per heavy atom. The molecule has 0 unspecified atom stereocenters. The second-order valence-electron chi connectivity index (χ2n) is 5.95. The van der Waals surface area contributed by atoms with E-state index in [2.05, 4.69) is 22.6 Å². The Kier molecular flexibility index (Phi) is 1.60. The molecule has 4 aliphatic carbocycles. The summed E-state index contributed by atoms with van der Waals surface area (Å²) >= 11 is 9.88. The van der Waals surface area contributed by atoms with Crippen LogP contribution >= 0.6 is 34.2 Å². The first-order valence-corrected chi connectivity index (χ1v) is 7.51. The van der Waals surface area contributed by atoms with Gasteiger partial charge in [-0.1, -0.05) is 22.6 Å². The largest absolute Gasteiger partial charge is 0.117 e. The molecule has 0 N–H and O–H groups in total. The molecule has 4 rings (SSSR count). The van der Waals surface area contributed by atoms with E-state index in [9.17, 15) is 0 Å². The number of hydrogen-bond acceptors (Lipinski definition) is 0. The maximum Gasteiger partial charge on any atom is 0.0653 e. The van der Waals surface area contributed by atoms with Gasteiger partial charge in [0.2, 0.25) is 0 Å². The molecule has 0 saturated heterocycles. The van der Waals surface area contributed by atoms with Crippen molar-refractivity contribution in [3.63, 3.8) is 0 Å². The summed E-state index contributed by atoms with van der Waals surface area (Å²) in [5.41, 5.74) is 0. The molecule has 0 nitrogen and oxygen atoms in total. The van der Waals surface area contributed by atoms with Crippen LogP contribution in [0.5, 0.6) is 0 Å². The van der Waals surface area contributed by atoms with E-state index in [4.69, 9.17) is 11.6 Å². The molecule has 78 valence electrons. The summed E-state index contributed by atoms with van der Waals surface area (Å²) in [7, 11) is 0. The molecule has 4 fully saturated rings. The van der Waals surface area contributed by atoms with E-state index in [1.54, 1.807) is 0 Å². The lowest BCUT2D eigenvalue weighted by molar-refractivity contribution is 0.217. The zero-order chi connectivity index (χ0) is 9.55. The lowest BCUT2D eigenvalue weighted by Gasteiger charge is -2.49. The molecule has 4 saturated carbocycles. The third-order valence-corrected chi connectivity index (χ3v) is 9.73. The van der Waals surface area contributed by atoms with Crippen LogP contribution in [0.15, 0.2) is 0 Å². The van der Waals surface area contributed by atoms with Gasteiger partial charge >= 0.3 is 0 Å². The third kappa shape index (κ3) is 0.695. The van der Waals surface area contributed by atoms with Crippen LogP contribution in [-0.2, 0) is 0 Å². The first-order chi connectivity index (χ1) is 6.67. The van der Waals surface area contributed by atoms with Gasteiger partial charge in [-0.05, 0) is 62.2 Å². The normalized spacial score (nSPS) is 69.0. The highest BCUT2D eigenvalue weighted by atomic mass is 127. The smallest absolute Gasteiger partial charge is 0.0653 e. The number of halogens is 2. The molecule has 4 aliphatic rings. The molecule has 0 aliphatic heterocycles. The Morgan fingerprint density at radius 1 is 0.857 bits per heavy atom. The summed E-state index contributed by atoms with van der Waals surface area (Å²) in [6.45, 7) is 0. The van der Waals surface area contributed by atoms with E-state index in [1.165, 1.54) is 38.5 Å². The molecule has 0 spiro atoms. The molecule has 0 aromatic rings. The monoisotopic (exact) mass is 322 g/mol. The SMILES string of the molecule is ClC12[C@H]3CC[C@@H](C3)C1(I)[C@H]1CC[C@H]2C1. The van der Waals surface area contributed by atoms with Gasteiger partial charge in [0.15, 0.2) is 0 Å². The molecule has 0 heterocycles. The number of alkyl halides is 2. The molecule has 0 aromatic carbocycles. The van der Waals surface area contributed by atoms with Gasteiger partial charge in [-0.2, -0.15) is 0 Å². The number of fused-ring (bicyclic) bond motifs is 9. The van der Waals surface area contributed by atoms with E-state index in [1.807, 2.05) is 0 Å². The molecule has 4 atom stereocenters.